The lowest BCUT2D eigenvalue weighted by atomic mass is 10.1. The molecule has 1 aromatic heterocycles. The van der Waals surface area contributed by atoms with Gasteiger partial charge >= 0.3 is 12.4 Å². The Bertz CT molecular complexity index is 913. The van der Waals surface area contributed by atoms with E-state index in [2.05, 4.69) is 10.3 Å². The fourth-order valence-corrected chi connectivity index (χ4v) is 2.41. The van der Waals surface area contributed by atoms with E-state index in [0.29, 0.717) is 16.9 Å². The van der Waals surface area contributed by atoms with E-state index in [1.54, 1.807) is 6.07 Å². The minimum atomic E-state index is -4.45. The van der Waals surface area contributed by atoms with Crippen LogP contribution in [0.4, 0.5) is 37.8 Å². The lowest BCUT2D eigenvalue weighted by Crippen LogP contribution is -2.05. The summed E-state index contributed by atoms with van der Waals surface area (Å²) in [6.45, 7) is 0. The molecule has 0 fully saturated rings. The van der Waals surface area contributed by atoms with Crippen LogP contribution in [0.1, 0.15) is 11.1 Å². The van der Waals surface area contributed by atoms with Crippen LogP contribution >= 0.6 is 0 Å². The van der Waals surface area contributed by atoms with E-state index in [9.17, 15) is 26.3 Å². The molecule has 1 heterocycles. The van der Waals surface area contributed by atoms with Gasteiger partial charge in [0.1, 0.15) is 5.82 Å². The molecule has 3 aromatic rings. The number of benzene rings is 2. The summed E-state index contributed by atoms with van der Waals surface area (Å²) < 4.78 is 76.0. The van der Waals surface area contributed by atoms with Crippen molar-refractivity contribution in [3.8, 4) is 11.1 Å². The van der Waals surface area contributed by atoms with Gasteiger partial charge in [-0.3, -0.25) is 0 Å². The van der Waals surface area contributed by atoms with Crippen molar-refractivity contribution in [1.82, 2.24) is 4.98 Å². The molecule has 0 unspecified atom stereocenters. The van der Waals surface area contributed by atoms with Crippen molar-refractivity contribution in [2.75, 3.05) is 5.32 Å². The molecule has 0 aliphatic heterocycles. The molecule has 0 saturated carbocycles. The minimum Gasteiger partial charge on any atom is -0.340 e. The second-order valence-corrected chi connectivity index (χ2v) is 5.71. The number of halogens is 6. The molecule has 0 spiro atoms. The number of pyridine rings is 1. The molecule has 8 heteroatoms. The number of rotatable bonds is 3. The summed E-state index contributed by atoms with van der Waals surface area (Å²) in [6, 6.07) is 12.5. The molecule has 3 rings (SSSR count). The predicted molar refractivity (Wildman–Crippen MR) is 89.4 cm³/mol. The first-order valence-electron chi connectivity index (χ1n) is 7.71. The molecule has 1 N–H and O–H groups in total. The van der Waals surface area contributed by atoms with Gasteiger partial charge in [0.2, 0.25) is 0 Å². The van der Waals surface area contributed by atoms with Crippen LogP contribution in [-0.2, 0) is 12.4 Å². The highest BCUT2D eigenvalue weighted by Gasteiger charge is 2.31. The Morgan fingerprint density at radius 3 is 1.85 bits per heavy atom. The highest BCUT2D eigenvalue weighted by atomic mass is 19.4. The van der Waals surface area contributed by atoms with Crippen LogP contribution < -0.4 is 5.32 Å². The van der Waals surface area contributed by atoms with Crippen molar-refractivity contribution < 1.29 is 26.3 Å². The Labute approximate surface area is 150 Å². The number of nitrogens with one attached hydrogen (secondary N) is 1. The van der Waals surface area contributed by atoms with Gasteiger partial charge in [-0.2, -0.15) is 26.3 Å². The smallest absolute Gasteiger partial charge is 0.340 e. The lowest BCUT2D eigenvalue weighted by molar-refractivity contribution is -0.138. The highest BCUT2D eigenvalue weighted by molar-refractivity contribution is 5.65. The first-order valence-corrected chi connectivity index (χ1v) is 7.71. The van der Waals surface area contributed by atoms with E-state index >= 15 is 0 Å². The van der Waals surface area contributed by atoms with Crippen molar-refractivity contribution >= 4 is 11.5 Å². The Hall–Kier alpha value is -3.03. The predicted octanol–water partition coefficient (Wildman–Crippen LogP) is 6.53. The molecular formula is C19H12F6N2. The first-order chi connectivity index (χ1) is 12.6. The van der Waals surface area contributed by atoms with Crippen LogP contribution in [0, 0.1) is 0 Å². The zero-order valence-corrected chi connectivity index (χ0v) is 13.6. The maximum absolute atomic E-state index is 12.7. The maximum Gasteiger partial charge on any atom is 0.416 e. The summed E-state index contributed by atoms with van der Waals surface area (Å²) in [6.07, 6.45) is -7.42. The molecule has 0 aliphatic rings. The standard InChI is InChI=1S/C19H12F6N2/c20-18(21,22)14-7-4-12(5-8-14)13-6-9-17(26-11-13)27-16-3-1-2-15(10-16)19(23,24)25/h1-11H,(H,26,27). The van der Waals surface area contributed by atoms with E-state index in [0.717, 1.165) is 24.3 Å². The number of hydrogen-bond acceptors (Lipinski definition) is 2. The third kappa shape index (κ3) is 4.58. The van der Waals surface area contributed by atoms with Crippen molar-refractivity contribution in [3.63, 3.8) is 0 Å². The maximum atomic E-state index is 12.7. The van der Waals surface area contributed by atoms with Crippen LogP contribution in [0.3, 0.4) is 0 Å². The number of nitrogens with zero attached hydrogens (tertiary/aromatic N) is 1. The second kappa shape index (κ2) is 6.94. The Morgan fingerprint density at radius 1 is 0.667 bits per heavy atom. The summed E-state index contributed by atoms with van der Waals surface area (Å²) in [5.41, 5.74) is -0.185. The Balaban J connectivity index is 1.76. The van der Waals surface area contributed by atoms with E-state index in [-0.39, 0.29) is 5.69 Å². The van der Waals surface area contributed by atoms with E-state index in [1.807, 2.05) is 0 Å². The fourth-order valence-electron chi connectivity index (χ4n) is 2.41. The van der Waals surface area contributed by atoms with Crippen molar-refractivity contribution in [1.29, 1.82) is 0 Å². The van der Waals surface area contributed by atoms with Crippen LogP contribution in [0.25, 0.3) is 11.1 Å². The molecule has 0 atom stereocenters. The summed E-state index contributed by atoms with van der Waals surface area (Å²) in [5.74, 6) is 0.310. The van der Waals surface area contributed by atoms with E-state index < -0.39 is 23.5 Å². The van der Waals surface area contributed by atoms with E-state index in [4.69, 9.17) is 0 Å². The van der Waals surface area contributed by atoms with Crippen LogP contribution in [-0.4, -0.2) is 4.98 Å². The Morgan fingerprint density at radius 2 is 1.30 bits per heavy atom. The third-order valence-electron chi connectivity index (χ3n) is 3.77. The number of anilines is 2. The SMILES string of the molecule is FC(F)(F)c1ccc(-c2ccc(Nc3cccc(C(F)(F)F)c3)nc2)cc1. The lowest BCUT2D eigenvalue weighted by Gasteiger charge is -2.11. The summed E-state index contributed by atoms with van der Waals surface area (Å²) in [5, 5.41) is 2.76. The number of alkyl halides is 6. The second-order valence-electron chi connectivity index (χ2n) is 5.71. The normalized spacial score (nSPS) is 12.1. The molecular weight excluding hydrogens is 370 g/mol. The van der Waals surface area contributed by atoms with E-state index in [1.165, 1.54) is 36.5 Å². The Kier molecular flexibility index (Phi) is 4.82. The van der Waals surface area contributed by atoms with Gasteiger partial charge in [-0.1, -0.05) is 18.2 Å². The summed E-state index contributed by atoms with van der Waals surface area (Å²) in [4.78, 5) is 4.10. The minimum absolute atomic E-state index is 0.222. The average Bonchev–Trinajstić information content (AvgIpc) is 2.61. The monoisotopic (exact) mass is 382 g/mol. The zero-order chi connectivity index (χ0) is 19.7. The van der Waals surface area contributed by atoms with Crippen LogP contribution in [0.15, 0.2) is 66.9 Å². The first kappa shape index (κ1) is 18.8. The van der Waals surface area contributed by atoms with Gasteiger partial charge in [-0.25, -0.2) is 4.98 Å². The van der Waals surface area contributed by atoms with Gasteiger partial charge in [0.05, 0.1) is 11.1 Å². The van der Waals surface area contributed by atoms with Crippen molar-refractivity contribution in [2.45, 2.75) is 12.4 Å². The van der Waals surface area contributed by atoms with Gasteiger partial charge in [-0.15, -0.1) is 0 Å². The molecule has 0 aliphatic carbocycles. The topological polar surface area (TPSA) is 24.9 Å². The molecule has 2 aromatic carbocycles. The third-order valence-corrected chi connectivity index (χ3v) is 3.77. The van der Waals surface area contributed by atoms with Gasteiger partial charge in [0.25, 0.3) is 0 Å². The quantitative estimate of drug-likeness (QED) is 0.521. The molecule has 0 saturated heterocycles. The highest BCUT2D eigenvalue weighted by Crippen LogP contribution is 2.32. The number of hydrogen-bond donors (Lipinski definition) is 1. The number of aromatic nitrogens is 1. The zero-order valence-electron chi connectivity index (χ0n) is 13.6. The molecule has 140 valence electrons. The van der Waals surface area contributed by atoms with Crippen molar-refractivity contribution in [2.24, 2.45) is 0 Å². The van der Waals surface area contributed by atoms with Gasteiger partial charge in [-0.05, 0) is 48.0 Å². The fraction of sp³-hybridized carbons (Fsp3) is 0.105. The molecule has 0 radical (unpaired) electrons. The summed E-state index contributed by atoms with van der Waals surface area (Å²) >= 11 is 0. The molecule has 0 amide bonds. The largest absolute Gasteiger partial charge is 0.416 e. The van der Waals surface area contributed by atoms with Crippen LogP contribution in [0.5, 0.6) is 0 Å². The van der Waals surface area contributed by atoms with Gasteiger partial charge in [0, 0.05) is 17.4 Å². The average molecular weight is 382 g/mol. The molecule has 27 heavy (non-hydrogen) atoms. The van der Waals surface area contributed by atoms with Gasteiger partial charge < -0.3 is 5.32 Å². The van der Waals surface area contributed by atoms with Crippen LogP contribution in [0.2, 0.25) is 0 Å². The molecule has 0 bridgehead atoms. The van der Waals surface area contributed by atoms with Crippen molar-refractivity contribution in [3.05, 3.63) is 78.0 Å². The summed E-state index contributed by atoms with van der Waals surface area (Å²) in [7, 11) is 0. The van der Waals surface area contributed by atoms with Gasteiger partial charge in [0.15, 0.2) is 0 Å². The molecule has 2 nitrogen and oxygen atoms in total.